The molecule has 0 N–H and O–H groups in total. The maximum absolute atomic E-state index is 2.59. The van der Waals surface area contributed by atoms with Gasteiger partial charge < -0.3 is 0 Å². The molecule has 0 nitrogen and oxygen atoms in total. The Hall–Kier alpha value is -0.863. The van der Waals surface area contributed by atoms with Crippen molar-refractivity contribution >= 4 is 35.6 Å². The molecule has 0 atom stereocenters. The van der Waals surface area contributed by atoms with Gasteiger partial charge in [0, 0.05) is 9.58 Å². The zero-order chi connectivity index (χ0) is 13.9. The van der Waals surface area contributed by atoms with Gasteiger partial charge in [-0.05, 0) is 23.9 Å². The Morgan fingerprint density at radius 1 is 1.05 bits per heavy atom. The van der Waals surface area contributed by atoms with E-state index in [0.717, 1.165) is 0 Å². The van der Waals surface area contributed by atoms with Gasteiger partial charge in [0.25, 0.3) is 0 Å². The van der Waals surface area contributed by atoms with Gasteiger partial charge in [-0.3, -0.25) is 0 Å². The van der Waals surface area contributed by atoms with E-state index in [1.54, 1.807) is 0 Å². The minimum Gasteiger partial charge on any atom is -0.136 e. The fourth-order valence-corrected chi connectivity index (χ4v) is 6.67. The van der Waals surface area contributed by atoms with Crippen molar-refractivity contribution in [1.29, 1.82) is 0 Å². The molecule has 1 aromatic carbocycles. The summed E-state index contributed by atoms with van der Waals surface area (Å²) >= 11 is 1.93. The first-order valence-electron chi connectivity index (χ1n) is 7.33. The van der Waals surface area contributed by atoms with Crippen molar-refractivity contribution < 1.29 is 0 Å². The molecule has 1 aromatic heterocycles. The van der Waals surface area contributed by atoms with Crippen molar-refractivity contribution in [3.63, 3.8) is 0 Å². The second-order valence-electron chi connectivity index (χ2n) is 5.34. The molecule has 0 fully saturated rings. The van der Waals surface area contributed by atoms with Crippen LogP contribution in [0.4, 0.5) is 0 Å². The minimum absolute atomic E-state index is 1.15. The summed E-state index contributed by atoms with van der Waals surface area (Å²) in [5.41, 5.74) is 4.04. The molecule has 0 amide bonds. The fraction of sp³-hybridized carbons (Fsp3) is 0.412. The standard InChI is InChI=1S/C17H24SSi/c1-5-19(6-2,7-3)13-12-16-14(4)15-10-8-9-11-17(15)18-16/h8-13H,5-7H2,1-4H3/b13-12+. The molecule has 0 bridgehead atoms. The van der Waals surface area contributed by atoms with E-state index >= 15 is 0 Å². The predicted molar refractivity (Wildman–Crippen MR) is 92.8 cm³/mol. The van der Waals surface area contributed by atoms with E-state index in [9.17, 15) is 0 Å². The lowest BCUT2D eigenvalue weighted by molar-refractivity contribution is 1.20. The van der Waals surface area contributed by atoms with Crippen molar-refractivity contribution in [3.8, 4) is 0 Å². The molecule has 2 aromatic rings. The van der Waals surface area contributed by atoms with Crippen molar-refractivity contribution in [2.45, 2.75) is 45.8 Å². The van der Waals surface area contributed by atoms with Crippen LogP contribution in [0, 0.1) is 6.92 Å². The Morgan fingerprint density at radius 2 is 1.68 bits per heavy atom. The minimum atomic E-state index is -1.15. The molecular formula is C17H24SSi. The SMILES string of the molecule is CC[Si](/C=C/c1sc2ccccc2c1C)(CC)CC. The largest absolute Gasteiger partial charge is 0.136 e. The Bertz CT molecular complexity index is 568. The van der Waals surface area contributed by atoms with E-state index in [4.69, 9.17) is 0 Å². The highest BCUT2D eigenvalue weighted by Gasteiger charge is 2.23. The van der Waals surface area contributed by atoms with Crippen LogP contribution in [-0.4, -0.2) is 8.07 Å². The highest BCUT2D eigenvalue weighted by molar-refractivity contribution is 7.20. The van der Waals surface area contributed by atoms with Crippen LogP contribution in [0.2, 0.25) is 18.1 Å². The van der Waals surface area contributed by atoms with Gasteiger partial charge in [-0.2, -0.15) is 0 Å². The van der Waals surface area contributed by atoms with Gasteiger partial charge in [0.2, 0.25) is 0 Å². The van der Waals surface area contributed by atoms with Gasteiger partial charge in [-0.25, -0.2) is 0 Å². The van der Waals surface area contributed by atoms with E-state index in [-0.39, 0.29) is 0 Å². The molecule has 0 aliphatic carbocycles. The number of hydrogen-bond acceptors (Lipinski definition) is 1. The second kappa shape index (κ2) is 6.06. The molecule has 2 rings (SSSR count). The first kappa shape index (κ1) is 14.5. The van der Waals surface area contributed by atoms with Crippen molar-refractivity contribution in [2.24, 2.45) is 0 Å². The smallest absolute Gasteiger partial charge is 0.0770 e. The fourth-order valence-electron chi connectivity index (χ4n) is 2.71. The van der Waals surface area contributed by atoms with E-state index < -0.39 is 8.07 Å². The zero-order valence-corrected chi connectivity index (χ0v) is 14.3. The van der Waals surface area contributed by atoms with Gasteiger partial charge in [-0.1, -0.05) is 68.9 Å². The van der Waals surface area contributed by atoms with Crippen LogP contribution >= 0.6 is 11.3 Å². The number of fused-ring (bicyclic) bond motifs is 1. The summed E-state index contributed by atoms with van der Waals surface area (Å²) in [4.78, 5) is 1.45. The Labute approximate surface area is 122 Å². The molecule has 0 unspecified atom stereocenters. The summed E-state index contributed by atoms with van der Waals surface area (Å²) < 4.78 is 1.41. The van der Waals surface area contributed by atoms with Gasteiger partial charge in [0.1, 0.15) is 0 Å². The molecule has 2 heteroatoms. The van der Waals surface area contributed by atoms with E-state index in [1.807, 2.05) is 11.3 Å². The molecule has 0 aliphatic heterocycles. The Balaban J connectivity index is 2.38. The third kappa shape index (κ3) is 2.85. The van der Waals surface area contributed by atoms with Crippen molar-refractivity contribution in [2.75, 3.05) is 0 Å². The molecule has 1 heterocycles. The van der Waals surface area contributed by atoms with Gasteiger partial charge >= 0.3 is 0 Å². The lowest BCUT2D eigenvalue weighted by atomic mass is 10.1. The van der Waals surface area contributed by atoms with Gasteiger partial charge in [-0.15, -0.1) is 11.3 Å². The van der Waals surface area contributed by atoms with Crippen LogP contribution < -0.4 is 0 Å². The topological polar surface area (TPSA) is 0 Å². The maximum Gasteiger partial charge on any atom is 0.0770 e. The number of hydrogen-bond donors (Lipinski definition) is 0. The van der Waals surface area contributed by atoms with Crippen LogP contribution in [0.5, 0.6) is 0 Å². The van der Waals surface area contributed by atoms with Crippen LogP contribution in [0.3, 0.4) is 0 Å². The average molecular weight is 289 g/mol. The zero-order valence-electron chi connectivity index (χ0n) is 12.5. The number of aryl methyl sites for hydroxylation is 1. The highest BCUT2D eigenvalue weighted by Crippen LogP contribution is 2.32. The number of thiophene rings is 1. The van der Waals surface area contributed by atoms with Crippen LogP contribution in [0.1, 0.15) is 31.2 Å². The van der Waals surface area contributed by atoms with E-state index in [0.29, 0.717) is 0 Å². The highest BCUT2D eigenvalue weighted by atomic mass is 32.1. The van der Waals surface area contributed by atoms with Crippen LogP contribution in [0.25, 0.3) is 16.2 Å². The summed E-state index contributed by atoms with van der Waals surface area (Å²) in [6.07, 6.45) is 2.42. The molecular weight excluding hydrogens is 264 g/mol. The quantitative estimate of drug-likeness (QED) is 0.569. The molecule has 0 radical (unpaired) electrons. The number of rotatable bonds is 5. The molecule has 19 heavy (non-hydrogen) atoms. The molecule has 0 aliphatic rings. The predicted octanol–water partition coefficient (Wildman–Crippen LogP) is 6.27. The lowest BCUT2D eigenvalue weighted by Crippen LogP contribution is -2.28. The summed E-state index contributed by atoms with van der Waals surface area (Å²) in [5, 5.41) is 1.42. The Kier molecular flexibility index (Phi) is 4.64. The first-order valence-corrected chi connectivity index (χ1v) is 10.8. The van der Waals surface area contributed by atoms with E-state index in [1.165, 1.54) is 38.7 Å². The third-order valence-electron chi connectivity index (χ3n) is 4.58. The normalized spacial score (nSPS) is 12.6. The van der Waals surface area contributed by atoms with Gasteiger partial charge in [0.15, 0.2) is 0 Å². The van der Waals surface area contributed by atoms with Crippen molar-refractivity contribution in [1.82, 2.24) is 0 Å². The summed E-state index contributed by atoms with van der Waals surface area (Å²) in [6.45, 7) is 9.34. The molecule has 0 saturated heterocycles. The Morgan fingerprint density at radius 3 is 2.26 bits per heavy atom. The van der Waals surface area contributed by atoms with E-state index in [2.05, 4.69) is 63.7 Å². The second-order valence-corrected chi connectivity index (χ2v) is 11.6. The van der Waals surface area contributed by atoms with Crippen LogP contribution in [0.15, 0.2) is 30.0 Å². The summed E-state index contributed by atoms with van der Waals surface area (Å²) in [7, 11) is -1.15. The first-order chi connectivity index (χ1) is 9.15. The third-order valence-corrected chi connectivity index (χ3v) is 10.9. The van der Waals surface area contributed by atoms with Crippen LogP contribution in [-0.2, 0) is 0 Å². The van der Waals surface area contributed by atoms with Gasteiger partial charge in [0.05, 0.1) is 8.07 Å². The lowest BCUT2D eigenvalue weighted by Gasteiger charge is -2.23. The maximum atomic E-state index is 2.59. The summed E-state index contributed by atoms with van der Waals surface area (Å²) in [5.74, 6) is 0. The monoisotopic (exact) mass is 288 g/mol. The van der Waals surface area contributed by atoms with Crippen molar-refractivity contribution in [3.05, 3.63) is 40.4 Å². The average Bonchev–Trinajstić information content (AvgIpc) is 2.78. The molecule has 0 saturated carbocycles. The molecule has 0 spiro atoms. The summed E-state index contributed by atoms with van der Waals surface area (Å²) in [6, 6.07) is 12.8. The molecule has 102 valence electrons. The number of benzene rings is 1.